The number of hydrogen-bond donors (Lipinski definition) is 1. The lowest BCUT2D eigenvalue weighted by Gasteiger charge is -2.37. The highest BCUT2D eigenvalue weighted by Gasteiger charge is 2.37. The minimum absolute atomic E-state index is 0.220. The van der Waals surface area contributed by atoms with E-state index in [1.807, 2.05) is 6.92 Å². The summed E-state index contributed by atoms with van der Waals surface area (Å²) in [4.78, 5) is 7.05. The molecule has 0 aromatic carbocycles. The molecule has 1 saturated carbocycles. The molecule has 120 valence electrons. The van der Waals surface area contributed by atoms with Crippen LogP contribution in [0.15, 0.2) is 6.07 Å². The van der Waals surface area contributed by atoms with E-state index in [1.54, 1.807) is 6.07 Å². The zero-order valence-corrected chi connectivity index (χ0v) is 13.3. The summed E-state index contributed by atoms with van der Waals surface area (Å²) in [5.41, 5.74) is 1.50. The van der Waals surface area contributed by atoms with Gasteiger partial charge in [0.25, 0.3) is 0 Å². The molecular formula is C17H24FN3O. The molecule has 2 aliphatic heterocycles. The van der Waals surface area contributed by atoms with Gasteiger partial charge in [0.2, 0.25) is 0 Å². The lowest BCUT2D eigenvalue weighted by atomic mass is 10.1. The first-order valence-corrected chi connectivity index (χ1v) is 8.43. The Labute approximate surface area is 131 Å². The van der Waals surface area contributed by atoms with E-state index in [9.17, 15) is 4.39 Å². The van der Waals surface area contributed by atoms with Crippen molar-refractivity contribution in [1.82, 2.24) is 10.3 Å². The maximum atomic E-state index is 14.4. The zero-order chi connectivity index (χ0) is 15.3. The predicted molar refractivity (Wildman–Crippen MR) is 83.6 cm³/mol. The van der Waals surface area contributed by atoms with Gasteiger partial charge in [-0.1, -0.05) is 0 Å². The summed E-state index contributed by atoms with van der Waals surface area (Å²) in [7, 11) is 0. The summed E-state index contributed by atoms with van der Waals surface area (Å²) in [5, 5.41) is 3.44. The summed E-state index contributed by atoms with van der Waals surface area (Å²) < 4.78 is 20.3. The topological polar surface area (TPSA) is 37.4 Å². The number of ether oxygens (including phenoxy) is 1. The highest BCUT2D eigenvalue weighted by molar-refractivity contribution is 5.56. The van der Waals surface area contributed by atoms with Crippen LogP contribution in [0.4, 0.5) is 10.2 Å². The number of piperazine rings is 1. The van der Waals surface area contributed by atoms with Gasteiger partial charge in [0, 0.05) is 25.2 Å². The van der Waals surface area contributed by atoms with Crippen molar-refractivity contribution < 1.29 is 9.13 Å². The third-order valence-corrected chi connectivity index (χ3v) is 5.11. The average molecular weight is 305 g/mol. The maximum Gasteiger partial charge on any atom is 0.147 e. The molecular weight excluding hydrogens is 281 g/mol. The largest absolute Gasteiger partial charge is 0.372 e. The number of aromatic nitrogens is 1. The van der Waals surface area contributed by atoms with Crippen LogP contribution in [0.25, 0.3) is 0 Å². The molecule has 3 aliphatic rings. The average Bonchev–Trinajstić information content (AvgIpc) is 3.24. The number of rotatable bonds is 4. The van der Waals surface area contributed by atoms with E-state index in [-0.39, 0.29) is 11.9 Å². The number of nitrogens with zero attached hydrogens (tertiary/aromatic N) is 2. The molecule has 4 nitrogen and oxygen atoms in total. The Bertz CT molecular complexity index is 575. The van der Waals surface area contributed by atoms with Crippen LogP contribution in [0, 0.1) is 11.7 Å². The monoisotopic (exact) mass is 305 g/mol. The van der Waals surface area contributed by atoms with Gasteiger partial charge in [-0.2, -0.15) is 0 Å². The Kier molecular flexibility index (Phi) is 3.57. The molecule has 0 radical (unpaired) electrons. The van der Waals surface area contributed by atoms with Crippen LogP contribution in [-0.2, 0) is 11.2 Å². The number of fused-ring (bicyclic) bond motifs is 3. The van der Waals surface area contributed by atoms with Crippen molar-refractivity contribution in [2.75, 3.05) is 24.6 Å². The molecule has 1 N–H and O–H groups in total. The molecule has 1 aromatic rings. The second kappa shape index (κ2) is 5.46. The normalized spacial score (nSPS) is 28.4. The Morgan fingerprint density at radius 3 is 3.05 bits per heavy atom. The second-order valence-electron chi connectivity index (χ2n) is 7.03. The predicted octanol–water partition coefficient (Wildman–Crippen LogP) is 2.43. The van der Waals surface area contributed by atoms with Crippen LogP contribution in [0.5, 0.6) is 0 Å². The van der Waals surface area contributed by atoms with Gasteiger partial charge in [0.1, 0.15) is 17.3 Å². The number of hydrogen-bond acceptors (Lipinski definition) is 4. The van der Waals surface area contributed by atoms with Gasteiger partial charge in [-0.05, 0) is 50.7 Å². The van der Waals surface area contributed by atoms with Crippen molar-refractivity contribution in [3.63, 3.8) is 0 Å². The van der Waals surface area contributed by atoms with Crippen LogP contribution in [0.3, 0.4) is 0 Å². The molecule has 1 aromatic heterocycles. The lowest BCUT2D eigenvalue weighted by molar-refractivity contribution is 0.0526. The molecule has 5 heteroatoms. The fourth-order valence-electron chi connectivity index (χ4n) is 3.65. The SMILES string of the molecule is C[C@H](OCC1CC1)c1nc2c(cc1F)C[C@@H]1CNC[C@@H](C)N21. The lowest BCUT2D eigenvalue weighted by Crippen LogP contribution is -2.55. The molecule has 0 bridgehead atoms. The van der Waals surface area contributed by atoms with Gasteiger partial charge in [-0.15, -0.1) is 0 Å². The third-order valence-electron chi connectivity index (χ3n) is 5.11. The van der Waals surface area contributed by atoms with Crippen LogP contribution >= 0.6 is 0 Å². The summed E-state index contributed by atoms with van der Waals surface area (Å²) in [5.74, 6) is 1.43. The number of nitrogens with one attached hydrogen (secondary N) is 1. The van der Waals surface area contributed by atoms with Crippen LogP contribution in [0.2, 0.25) is 0 Å². The summed E-state index contributed by atoms with van der Waals surface area (Å²) in [6.45, 7) is 6.75. The smallest absolute Gasteiger partial charge is 0.147 e. The molecule has 0 spiro atoms. The van der Waals surface area contributed by atoms with Gasteiger partial charge < -0.3 is 15.0 Å². The van der Waals surface area contributed by atoms with E-state index in [2.05, 4.69) is 22.1 Å². The standard InChI is InChI=1S/C17H24FN3O/c1-10-7-19-8-14-5-13-6-15(18)16(20-17(13)21(10)14)11(2)22-9-12-3-4-12/h6,10-12,14,19H,3-5,7-9H2,1-2H3/t10-,11+,14-/m1/s1. The van der Waals surface area contributed by atoms with Crippen LogP contribution in [0.1, 0.15) is 44.1 Å². The van der Waals surface area contributed by atoms with E-state index in [0.29, 0.717) is 23.7 Å². The van der Waals surface area contributed by atoms with Crippen molar-refractivity contribution in [1.29, 1.82) is 0 Å². The van der Waals surface area contributed by atoms with Gasteiger partial charge >= 0.3 is 0 Å². The molecule has 1 aliphatic carbocycles. The molecule has 3 atom stereocenters. The van der Waals surface area contributed by atoms with Gasteiger partial charge in [-0.3, -0.25) is 0 Å². The number of anilines is 1. The van der Waals surface area contributed by atoms with Gasteiger partial charge in [0.05, 0.1) is 12.7 Å². The van der Waals surface area contributed by atoms with Crippen LogP contribution < -0.4 is 10.2 Å². The van der Waals surface area contributed by atoms with E-state index >= 15 is 0 Å². The molecule has 0 unspecified atom stereocenters. The molecule has 2 fully saturated rings. The van der Waals surface area contributed by atoms with E-state index < -0.39 is 0 Å². The molecule has 0 amide bonds. The Balaban J connectivity index is 1.60. The van der Waals surface area contributed by atoms with Crippen molar-refractivity contribution in [3.05, 3.63) is 23.1 Å². The highest BCUT2D eigenvalue weighted by Crippen LogP contribution is 2.36. The fraction of sp³-hybridized carbons (Fsp3) is 0.706. The van der Waals surface area contributed by atoms with Gasteiger partial charge in [0.15, 0.2) is 0 Å². The minimum atomic E-state index is -0.275. The Morgan fingerprint density at radius 2 is 2.27 bits per heavy atom. The van der Waals surface area contributed by atoms with Crippen molar-refractivity contribution in [2.45, 2.75) is 51.3 Å². The highest BCUT2D eigenvalue weighted by atomic mass is 19.1. The first-order chi connectivity index (χ1) is 10.6. The quantitative estimate of drug-likeness (QED) is 0.927. The molecule has 22 heavy (non-hydrogen) atoms. The van der Waals surface area contributed by atoms with Gasteiger partial charge in [-0.25, -0.2) is 9.37 Å². The van der Waals surface area contributed by atoms with Crippen molar-refractivity contribution in [2.24, 2.45) is 5.92 Å². The minimum Gasteiger partial charge on any atom is -0.372 e. The fourth-order valence-corrected chi connectivity index (χ4v) is 3.65. The molecule has 3 heterocycles. The molecule has 4 rings (SSSR count). The molecule has 1 saturated heterocycles. The first-order valence-electron chi connectivity index (χ1n) is 8.43. The Morgan fingerprint density at radius 1 is 1.45 bits per heavy atom. The first kappa shape index (κ1) is 14.4. The van der Waals surface area contributed by atoms with Crippen molar-refractivity contribution in [3.8, 4) is 0 Å². The zero-order valence-electron chi connectivity index (χ0n) is 13.3. The Hall–Kier alpha value is -1.20. The van der Waals surface area contributed by atoms with E-state index in [0.717, 1.165) is 37.5 Å². The number of halogens is 1. The second-order valence-corrected chi connectivity index (χ2v) is 7.03. The van der Waals surface area contributed by atoms with E-state index in [1.165, 1.54) is 12.8 Å². The summed E-state index contributed by atoms with van der Waals surface area (Å²) in [6, 6.07) is 2.48. The van der Waals surface area contributed by atoms with Crippen LogP contribution in [-0.4, -0.2) is 36.8 Å². The summed E-state index contributed by atoms with van der Waals surface area (Å²) in [6.07, 6.45) is 3.09. The van der Waals surface area contributed by atoms with Crippen molar-refractivity contribution >= 4 is 5.82 Å². The third kappa shape index (κ3) is 2.50. The number of pyridine rings is 1. The summed E-state index contributed by atoms with van der Waals surface area (Å²) >= 11 is 0. The van der Waals surface area contributed by atoms with E-state index in [4.69, 9.17) is 4.74 Å². The maximum absolute atomic E-state index is 14.4.